The molecule has 1 aromatic heterocycles. The molecule has 0 spiro atoms. The molecule has 0 radical (unpaired) electrons. The molecule has 0 aliphatic rings. The fourth-order valence-electron chi connectivity index (χ4n) is 3.16. The van der Waals surface area contributed by atoms with Crippen LogP contribution < -0.4 is 10.7 Å². The van der Waals surface area contributed by atoms with Crippen molar-refractivity contribution in [1.29, 1.82) is 0 Å². The number of hydrogen-bond donors (Lipinski definition) is 1. The van der Waals surface area contributed by atoms with Crippen LogP contribution in [0.25, 0.3) is 22.3 Å². The van der Waals surface area contributed by atoms with Crippen LogP contribution >= 0.6 is 0 Å². The van der Waals surface area contributed by atoms with E-state index in [1.807, 2.05) is 32.9 Å². The molecule has 0 aliphatic carbocycles. The van der Waals surface area contributed by atoms with E-state index < -0.39 is 0 Å². The van der Waals surface area contributed by atoms with Gasteiger partial charge in [-0.1, -0.05) is 18.2 Å². The summed E-state index contributed by atoms with van der Waals surface area (Å²) in [5, 5.41) is 3.46. The van der Waals surface area contributed by atoms with Crippen molar-refractivity contribution in [2.45, 2.75) is 27.2 Å². The predicted octanol–water partition coefficient (Wildman–Crippen LogP) is 4.23. The number of fused-ring (bicyclic) bond motifs is 1. The van der Waals surface area contributed by atoms with Gasteiger partial charge >= 0.3 is 0 Å². The van der Waals surface area contributed by atoms with Crippen LogP contribution in [0.1, 0.15) is 34.8 Å². The predicted molar refractivity (Wildman–Crippen MR) is 111 cm³/mol. The van der Waals surface area contributed by atoms with Crippen LogP contribution in [0.3, 0.4) is 0 Å². The molecule has 3 rings (SSSR count). The van der Waals surface area contributed by atoms with Gasteiger partial charge in [-0.2, -0.15) is 0 Å². The zero-order valence-electron chi connectivity index (χ0n) is 16.5. The van der Waals surface area contributed by atoms with Crippen molar-refractivity contribution in [3.63, 3.8) is 0 Å². The number of amides is 1. The average molecular weight is 379 g/mol. The summed E-state index contributed by atoms with van der Waals surface area (Å²) in [5.74, 6) is 0.363. The molecule has 28 heavy (non-hydrogen) atoms. The lowest BCUT2D eigenvalue weighted by atomic mass is 10.1. The minimum absolute atomic E-state index is 0.0702. The SMILES string of the molecule is CCOCCCNC(=O)c1ccc(-c2cc(=O)c3cc(C)cc(C)c3o2)cc1. The van der Waals surface area contributed by atoms with Gasteiger partial charge in [0.25, 0.3) is 5.91 Å². The first-order valence-corrected chi connectivity index (χ1v) is 9.51. The van der Waals surface area contributed by atoms with Gasteiger partial charge in [0.15, 0.2) is 5.43 Å². The van der Waals surface area contributed by atoms with E-state index >= 15 is 0 Å². The van der Waals surface area contributed by atoms with E-state index in [-0.39, 0.29) is 11.3 Å². The number of hydrogen-bond acceptors (Lipinski definition) is 4. The van der Waals surface area contributed by atoms with Crippen LogP contribution in [0.4, 0.5) is 0 Å². The highest BCUT2D eigenvalue weighted by Gasteiger charge is 2.11. The van der Waals surface area contributed by atoms with Gasteiger partial charge in [-0.25, -0.2) is 0 Å². The van der Waals surface area contributed by atoms with Crippen LogP contribution in [0.15, 0.2) is 51.7 Å². The van der Waals surface area contributed by atoms with E-state index in [4.69, 9.17) is 9.15 Å². The van der Waals surface area contributed by atoms with Crippen LogP contribution in [0.5, 0.6) is 0 Å². The van der Waals surface area contributed by atoms with Gasteiger partial charge in [-0.3, -0.25) is 9.59 Å². The topological polar surface area (TPSA) is 68.5 Å². The highest BCUT2D eigenvalue weighted by Crippen LogP contribution is 2.25. The Hall–Kier alpha value is -2.92. The number of benzene rings is 2. The molecule has 0 saturated heterocycles. The second-order valence-electron chi connectivity index (χ2n) is 6.82. The third-order valence-corrected chi connectivity index (χ3v) is 4.55. The van der Waals surface area contributed by atoms with Crippen LogP contribution in [-0.2, 0) is 4.74 Å². The number of nitrogens with one attached hydrogen (secondary N) is 1. The van der Waals surface area contributed by atoms with Gasteiger partial charge < -0.3 is 14.5 Å². The summed E-state index contributed by atoms with van der Waals surface area (Å²) in [4.78, 5) is 24.7. The molecule has 0 fully saturated rings. The quantitative estimate of drug-likeness (QED) is 0.624. The number of aryl methyl sites for hydroxylation is 2. The smallest absolute Gasteiger partial charge is 0.251 e. The van der Waals surface area contributed by atoms with E-state index in [0.29, 0.717) is 42.1 Å². The summed E-state index contributed by atoms with van der Waals surface area (Å²) in [6.07, 6.45) is 0.777. The lowest BCUT2D eigenvalue weighted by molar-refractivity contribution is 0.0944. The summed E-state index contributed by atoms with van der Waals surface area (Å²) in [7, 11) is 0. The number of carbonyl (C=O) groups excluding carboxylic acids is 1. The van der Waals surface area contributed by atoms with E-state index in [0.717, 1.165) is 23.1 Å². The second-order valence-corrected chi connectivity index (χ2v) is 6.82. The number of carbonyl (C=O) groups is 1. The van der Waals surface area contributed by atoms with Gasteiger partial charge in [0.2, 0.25) is 0 Å². The molecule has 0 unspecified atom stereocenters. The second kappa shape index (κ2) is 8.85. The third-order valence-electron chi connectivity index (χ3n) is 4.55. The summed E-state index contributed by atoms with van der Waals surface area (Å²) in [6, 6.07) is 12.4. The first-order chi connectivity index (χ1) is 13.5. The molecule has 146 valence electrons. The highest BCUT2D eigenvalue weighted by molar-refractivity contribution is 5.94. The molecule has 5 nitrogen and oxygen atoms in total. The van der Waals surface area contributed by atoms with E-state index in [1.54, 1.807) is 24.3 Å². The fraction of sp³-hybridized carbons (Fsp3) is 0.304. The van der Waals surface area contributed by atoms with Crippen LogP contribution in [-0.4, -0.2) is 25.7 Å². The van der Waals surface area contributed by atoms with Gasteiger partial charge in [-0.05, 0) is 56.5 Å². The molecule has 0 bridgehead atoms. The van der Waals surface area contributed by atoms with Gasteiger partial charge in [-0.15, -0.1) is 0 Å². The largest absolute Gasteiger partial charge is 0.456 e. The highest BCUT2D eigenvalue weighted by atomic mass is 16.5. The van der Waals surface area contributed by atoms with Crippen molar-refractivity contribution in [3.8, 4) is 11.3 Å². The van der Waals surface area contributed by atoms with Crippen molar-refractivity contribution in [3.05, 3.63) is 69.4 Å². The molecule has 1 heterocycles. The van der Waals surface area contributed by atoms with Crippen molar-refractivity contribution < 1.29 is 13.9 Å². The zero-order valence-corrected chi connectivity index (χ0v) is 16.5. The maximum absolute atomic E-state index is 12.5. The van der Waals surface area contributed by atoms with Gasteiger partial charge in [0.05, 0.1) is 5.39 Å². The van der Waals surface area contributed by atoms with Crippen molar-refractivity contribution in [2.75, 3.05) is 19.8 Å². The van der Waals surface area contributed by atoms with E-state index in [1.165, 1.54) is 6.07 Å². The molecular formula is C23H25NO4. The molecule has 0 aliphatic heterocycles. The van der Waals surface area contributed by atoms with Gasteiger partial charge in [0.1, 0.15) is 11.3 Å². The summed E-state index contributed by atoms with van der Waals surface area (Å²) >= 11 is 0. The lowest BCUT2D eigenvalue weighted by Crippen LogP contribution is -2.25. The molecule has 2 aromatic carbocycles. The number of rotatable bonds is 7. The Kier molecular flexibility index (Phi) is 6.26. The van der Waals surface area contributed by atoms with Crippen molar-refractivity contribution >= 4 is 16.9 Å². The Balaban J connectivity index is 1.78. The first-order valence-electron chi connectivity index (χ1n) is 9.51. The standard InChI is InChI=1S/C23H25NO4/c1-4-27-11-5-10-24-23(26)18-8-6-17(7-9-18)21-14-20(25)19-13-15(2)12-16(3)22(19)28-21/h6-9,12-14H,4-5,10-11H2,1-3H3,(H,24,26). The normalized spacial score (nSPS) is 11.0. The van der Waals surface area contributed by atoms with Crippen molar-refractivity contribution in [2.24, 2.45) is 0 Å². The molecule has 1 N–H and O–H groups in total. The Morgan fingerprint density at radius 1 is 1.11 bits per heavy atom. The van der Waals surface area contributed by atoms with E-state index in [2.05, 4.69) is 5.32 Å². The van der Waals surface area contributed by atoms with Crippen LogP contribution in [0, 0.1) is 13.8 Å². The maximum Gasteiger partial charge on any atom is 0.251 e. The summed E-state index contributed by atoms with van der Waals surface area (Å²) in [6.45, 7) is 7.72. The molecule has 0 saturated carbocycles. The molecule has 3 aromatic rings. The minimum atomic E-state index is -0.130. The average Bonchev–Trinajstić information content (AvgIpc) is 2.68. The monoisotopic (exact) mass is 379 g/mol. The van der Waals surface area contributed by atoms with Gasteiger partial charge in [0, 0.05) is 37.0 Å². The molecular weight excluding hydrogens is 354 g/mol. The Morgan fingerprint density at radius 2 is 1.86 bits per heavy atom. The summed E-state index contributed by atoms with van der Waals surface area (Å²) in [5.41, 5.74) is 3.81. The Bertz CT molecular complexity index is 1030. The third kappa shape index (κ3) is 4.49. The van der Waals surface area contributed by atoms with Crippen molar-refractivity contribution in [1.82, 2.24) is 5.32 Å². The molecule has 0 atom stereocenters. The summed E-state index contributed by atoms with van der Waals surface area (Å²) < 4.78 is 11.3. The maximum atomic E-state index is 12.5. The minimum Gasteiger partial charge on any atom is -0.456 e. The van der Waals surface area contributed by atoms with E-state index in [9.17, 15) is 9.59 Å². The Labute approximate surface area is 164 Å². The zero-order chi connectivity index (χ0) is 20.1. The first kappa shape index (κ1) is 19.8. The lowest BCUT2D eigenvalue weighted by Gasteiger charge is -2.08. The van der Waals surface area contributed by atoms with Crippen LogP contribution in [0.2, 0.25) is 0 Å². The fourth-order valence-corrected chi connectivity index (χ4v) is 3.16. The Morgan fingerprint density at radius 3 is 2.57 bits per heavy atom. The molecule has 1 amide bonds. The number of ether oxygens (including phenoxy) is 1. The molecule has 5 heteroatoms.